The number of anilines is 1. The second-order valence-electron chi connectivity index (χ2n) is 6.62. The molecule has 7 nitrogen and oxygen atoms in total. The largest absolute Gasteiger partial charge is 0.434 e. The Morgan fingerprint density at radius 3 is 2.42 bits per heavy atom. The third kappa shape index (κ3) is 9.72. The number of urea groups is 1. The predicted octanol–water partition coefficient (Wildman–Crippen LogP) is 4.57. The van der Waals surface area contributed by atoms with Gasteiger partial charge in [-0.15, -0.1) is 35.3 Å². The Bertz CT molecular complexity index is 855. The van der Waals surface area contributed by atoms with Gasteiger partial charge in [-0.2, -0.15) is 13.2 Å². The number of halogens is 4. The highest BCUT2D eigenvalue weighted by Gasteiger charge is 2.33. The summed E-state index contributed by atoms with van der Waals surface area (Å²) in [5, 5.41) is 12.8. The van der Waals surface area contributed by atoms with Crippen molar-refractivity contribution >= 4 is 53.0 Å². The first-order valence-electron chi connectivity index (χ1n) is 9.37. The second-order valence-corrected chi connectivity index (χ2v) is 7.57. The molecule has 0 spiro atoms. The fourth-order valence-electron chi connectivity index (χ4n) is 2.32. The maximum absolute atomic E-state index is 12.6. The van der Waals surface area contributed by atoms with Crippen molar-refractivity contribution in [3.05, 3.63) is 45.9 Å². The number of carbonyl (C=O) groups excluding carboxylic acids is 1. The average molecular weight is 570 g/mol. The van der Waals surface area contributed by atoms with E-state index in [9.17, 15) is 18.0 Å². The second kappa shape index (κ2) is 12.7. The minimum absolute atomic E-state index is 0. The molecule has 4 N–H and O–H groups in total. The van der Waals surface area contributed by atoms with E-state index < -0.39 is 11.9 Å². The fourth-order valence-corrected chi connectivity index (χ4v) is 3.06. The number of aliphatic imine (C=N–C) groups is 1. The van der Waals surface area contributed by atoms with Crippen LogP contribution in [0.4, 0.5) is 23.7 Å². The zero-order valence-electron chi connectivity index (χ0n) is 17.3. The van der Waals surface area contributed by atoms with E-state index in [0.717, 1.165) is 22.3 Å². The summed E-state index contributed by atoms with van der Waals surface area (Å²) in [6.45, 7) is 6.75. The van der Waals surface area contributed by atoms with E-state index in [1.807, 2.05) is 32.9 Å². The van der Waals surface area contributed by atoms with Crippen LogP contribution in [0.2, 0.25) is 0 Å². The number of aromatic nitrogens is 1. The van der Waals surface area contributed by atoms with E-state index in [-0.39, 0.29) is 42.6 Å². The molecule has 172 valence electrons. The number of rotatable bonds is 7. The van der Waals surface area contributed by atoms with Crippen LogP contribution < -0.4 is 21.3 Å². The molecule has 1 aromatic heterocycles. The first-order valence-corrected chi connectivity index (χ1v) is 10.3. The predicted molar refractivity (Wildman–Crippen MR) is 128 cm³/mol. The Balaban J connectivity index is 0.00000480. The number of benzene rings is 1. The van der Waals surface area contributed by atoms with Gasteiger partial charge in [-0.05, 0) is 38.5 Å². The quantitative estimate of drug-likeness (QED) is 0.223. The Kier molecular flexibility index (Phi) is 11.0. The lowest BCUT2D eigenvalue weighted by Crippen LogP contribution is -2.36. The molecular formula is C19H26F3IN6OS. The molecule has 2 aromatic rings. The number of nitrogens with one attached hydrogen (secondary N) is 4. The lowest BCUT2D eigenvalue weighted by atomic mass is 10.2. The van der Waals surface area contributed by atoms with Crippen LogP contribution >= 0.6 is 35.3 Å². The van der Waals surface area contributed by atoms with E-state index in [2.05, 4.69) is 31.2 Å². The van der Waals surface area contributed by atoms with E-state index >= 15 is 0 Å². The van der Waals surface area contributed by atoms with Gasteiger partial charge in [0.05, 0.1) is 13.1 Å². The standard InChI is InChI=1S/C19H25F3N6OS.HI/c1-4-23-17(25-10-16-28-15(11-30-16)19(20,21)22)24-9-13-5-7-14(8-6-13)27-18(29)26-12(2)3;/h5-8,11-12H,4,9-10H2,1-3H3,(H2,23,24,25)(H2,26,27,29);1H. The minimum Gasteiger partial charge on any atom is -0.357 e. The molecule has 1 aromatic carbocycles. The summed E-state index contributed by atoms with van der Waals surface area (Å²) in [5.74, 6) is 0.472. The molecule has 2 rings (SSSR count). The van der Waals surface area contributed by atoms with Crippen LogP contribution in [0.5, 0.6) is 0 Å². The number of alkyl halides is 3. The molecule has 0 bridgehead atoms. The van der Waals surface area contributed by atoms with Crippen LogP contribution in [0.3, 0.4) is 0 Å². The Hall–Kier alpha value is -2.09. The molecule has 0 aliphatic carbocycles. The fraction of sp³-hybridized carbons (Fsp3) is 0.421. The van der Waals surface area contributed by atoms with Gasteiger partial charge >= 0.3 is 12.2 Å². The SMILES string of the molecule is CCNC(=NCc1ccc(NC(=O)NC(C)C)cc1)NCc1nc(C(F)(F)F)cs1.I. The molecule has 0 fully saturated rings. The first-order chi connectivity index (χ1) is 14.2. The van der Waals surface area contributed by atoms with Crippen LogP contribution in [0.25, 0.3) is 0 Å². The van der Waals surface area contributed by atoms with Crippen LogP contribution in [-0.4, -0.2) is 29.6 Å². The summed E-state index contributed by atoms with van der Waals surface area (Å²) in [5.41, 5.74) is 0.688. The van der Waals surface area contributed by atoms with Crippen molar-refractivity contribution in [2.24, 2.45) is 4.99 Å². The summed E-state index contributed by atoms with van der Waals surface area (Å²) in [6, 6.07) is 7.01. The van der Waals surface area contributed by atoms with Gasteiger partial charge in [-0.1, -0.05) is 12.1 Å². The monoisotopic (exact) mass is 570 g/mol. The van der Waals surface area contributed by atoms with Crippen LogP contribution in [0.15, 0.2) is 34.6 Å². The number of carbonyl (C=O) groups is 1. The molecule has 2 amide bonds. The van der Waals surface area contributed by atoms with Gasteiger partial charge < -0.3 is 21.3 Å². The number of thiazole rings is 1. The summed E-state index contributed by atoms with van der Waals surface area (Å²) < 4.78 is 37.9. The maximum Gasteiger partial charge on any atom is 0.434 e. The zero-order chi connectivity index (χ0) is 22.1. The summed E-state index contributed by atoms with van der Waals surface area (Å²) >= 11 is 0.945. The highest BCUT2D eigenvalue weighted by atomic mass is 127. The van der Waals surface area contributed by atoms with Crippen molar-refractivity contribution in [1.82, 2.24) is 20.9 Å². The van der Waals surface area contributed by atoms with Gasteiger partial charge in [-0.3, -0.25) is 0 Å². The van der Waals surface area contributed by atoms with E-state index in [4.69, 9.17) is 0 Å². The smallest absolute Gasteiger partial charge is 0.357 e. The zero-order valence-corrected chi connectivity index (χ0v) is 20.5. The van der Waals surface area contributed by atoms with Crippen molar-refractivity contribution in [3.63, 3.8) is 0 Å². The minimum atomic E-state index is -4.44. The molecule has 12 heteroatoms. The summed E-state index contributed by atoms with van der Waals surface area (Å²) in [4.78, 5) is 19.7. The molecule has 0 radical (unpaired) electrons. The highest BCUT2D eigenvalue weighted by molar-refractivity contribution is 14.0. The number of hydrogen-bond donors (Lipinski definition) is 4. The van der Waals surface area contributed by atoms with Gasteiger partial charge in [0.1, 0.15) is 5.01 Å². The molecule has 31 heavy (non-hydrogen) atoms. The highest BCUT2D eigenvalue weighted by Crippen LogP contribution is 2.29. The third-order valence-electron chi connectivity index (χ3n) is 3.64. The molecule has 0 aliphatic rings. The maximum atomic E-state index is 12.6. The Morgan fingerprint density at radius 2 is 1.87 bits per heavy atom. The van der Waals surface area contributed by atoms with Crippen molar-refractivity contribution in [2.75, 3.05) is 11.9 Å². The lowest BCUT2D eigenvalue weighted by Gasteiger charge is -2.11. The lowest BCUT2D eigenvalue weighted by molar-refractivity contribution is -0.140. The van der Waals surface area contributed by atoms with Crippen LogP contribution in [0, 0.1) is 0 Å². The topological polar surface area (TPSA) is 90.4 Å². The summed E-state index contributed by atoms with van der Waals surface area (Å²) in [7, 11) is 0. The molecule has 0 saturated heterocycles. The molecule has 0 aliphatic heterocycles. The van der Waals surface area contributed by atoms with Crippen LogP contribution in [0.1, 0.15) is 37.0 Å². The van der Waals surface area contributed by atoms with E-state index in [0.29, 0.717) is 29.7 Å². The molecular weight excluding hydrogens is 544 g/mol. The first kappa shape index (κ1) is 26.9. The Labute approximate surface area is 200 Å². The van der Waals surface area contributed by atoms with Crippen LogP contribution in [-0.2, 0) is 19.3 Å². The van der Waals surface area contributed by atoms with Gasteiger partial charge in [0.25, 0.3) is 0 Å². The third-order valence-corrected chi connectivity index (χ3v) is 4.49. The van der Waals surface area contributed by atoms with Crippen molar-refractivity contribution in [1.29, 1.82) is 0 Å². The van der Waals surface area contributed by atoms with Crippen molar-refractivity contribution < 1.29 is 18.0 Å². The van der Waals surface area contributed by atoms with E-state index in [1.165, 1.54) is 0 Å². The number of guanidine groups is 1. The van der Waals surface area contributed by atoms with Gasteiger partial charge in [-0.25, -0.2) is 14.8 Å². The van der Waals surface area contributed by atoms with Crippen molar-refractivity contribution in [3.8, 4) is 0 Å². The number of nitrogens with zero attached hydrogens (tertiary/aromatic N) is 2. The molecule has 0 atom stereocenters. The normalized spacial score (nSPS) is 11.6. The van der Waals surface area contributed by atoms with Gasteiger partial charge in [0, 0.05) is 23.7 Å². The van der Waals surface area contributed by atoms with E-state index in [1.54, 1.807) is 12.1 Å². The number of amides is 2. The Morgan fingerprint density at radius 1 is 1.19 bits per heavy atom. The van der Waals surface area contributed by atoms with Gasteiger partial charge in [0.15, 0.2) is 11.7 Å². The average Bonchev–Trinajstić information content (AvgIpc) is 3.14. The molecule has 0 saturated carbocycles. The summed E-state index contributed by atoms with van der Waals surface area (Å²) in [6.07, 6.45) is -4.44. The molecule has 1 heterocycles. The number of hydrogen-bond acceptors (Lipinski definition) is 4. The van der Waals surface area contributed by atoms with Crippen molar-refractivity contribution in [2.45, 2.75) is 46.1 Å². The van der Waals surface area contributed by atoms with Gasteiger partial charge in [0.2, 0.25) is 0 Å². The molecule has 0 unspecified atom stereocenters.